The zero-order valence-corrected chi connectivity index (χ0v) is 7.80. The molecule has 1 atom stereocenters. The molecule has 2 heteroatoms. The summed E-state index contributed by atoms with van der Waals surface area (Å²) in [7, 11) is 0. The fourth-order valence-corrected chi connectivity index (χ4v) is 1.06. The fourth-order valence-electron chi connectivity index (χ4n) is 1.06. The second kappa shape index (κ2) is 5.81. The quantitative estimate of drug-likeness (QED) is 0.556. The second-order valence-electron chi connectivity index (χ2n) is 2.63. The van der Waals surface area contributed by atoms with Crippen LogP contribution in [0.25, 0.3) is 0 Å². The van der Waals surface area contributed by atoms with E-state index in [1.54, 1.807) is 0 Å². The summed E-state index contributed by atoms with van der Waals surface area (Å²) in [5.41, 5.74) is 5.31. The summed E-state index contributed by atoms with van der Waals surface area (Å²) in [6, 6.07) is 10.6. The zero-order chi connectivity index (χ0) is 8.10. The monoisotopic (exact) mass is 183 g/mol. The van der Waals surface area contributed by atoms with Crippen molar-refractivity contribution in [3.05, 3.63) is 48.6 Å². The molecule has 0 radical (unpaired) electrons. The Hall–Kier alpha value is -0.790. The van der Waals surface area contributed by atoms with Gasteiger partial charge in [0.1, 0.15) is 6.04 Å². The lowest BCUT2D eigenvalue weighted by Gasteiger charge is -2.04. The van der Waals surface area contributed by atoms with Crippen LogP contribution in [0.3, 0.4) is 0 Å². The largest absolute Gasteiger partial charge is 1.00 e. The minimum Gasteiger partial charge on any atom is -1.00 e. The third kappa shape index (κ3) is 3.07. The van der Waals surface area contributed by atoms with Crippen LogP contribution in [0.2, 0.25) is 0 Å². The maximum absolute atomic E-state index is 4.03. The maximum atomic E-state index is 4.03. The second-order valence-corrected chi connectivity index (χ2v) is 2.63. The lowest BCUT2D eigenvalue weighted by atomic mass is 10.1. The van der Waals surface area contributed by atoms with Crippen LogP contribution >= 0.6 is 0 Å². The van der Waals surface area contributed by atoms with E-state index in [1.807, 2.05) is 24.3 Å². The van der Waals surface area contributed by atoms with Gasteiger partial charge in [0.15, 0.2) is 0 Å². The highest BCUT2D eigenvalue weighted by atomic mass is 35.5. The molecule has 1 rings (SSSR count). The van der Waals surface area contributed by atoms with Crippen LogP contribution in [-0.4, -0.2) is 0 Å². The first-order chi connectivity index (χ1) is 5.34. The average molecular weight is 184 g/mol. The average Bonchev–Trinajstić information content (AvgIpc) is 2.07. The van der Waals surface area contributed by atoms with Crippen molar-refractivity contribution in [1.29, 1.82) is 0 Å². The molecule has 3 N–H and O–H groups in total. The van der Waals surface area contributed by atoms with E-state index in [9.17, 15) is 0 Å². The van der Waals surface area contributed by atoms with Crippen molar-refractivity contribution >= 4 is 0 Å². The van der Waals surface area contributed by atoms with Crippen LogP contribution in [0.5, 0.6) is 0 Å². The minimum atomic E-state index is 0. The van der Waals surface area contributed by atoms with Crippen LogP contribution in [0, 0.1) is 0 Å². The van der Waals surface area contributed by atoms with E-state index < -0.39 is 0 Å². The number of halogens is 1. The minimum absolute atomic E-state index is 0. The van der Waals surface area contributed by atoms with Gasteiger partial charge in [-0.15, -0.1) is 6.58 Å². The van der Waals surface area contributed by atoms with Gasteiger partial charge in [-0.1, -0.05) is 36.4 Å². The first-order valence-corrected chi connectivity index (χ1v) is 3.83. The predicted molar refractivity (Wildman–Crippen MR) is 46.9 cm³/mol. The van der Waals surface area contributed by atoms with Crippen LogP contribution in [0.15, 0.2) is 43.0 Å². The maximum Gasteiger partial charge on any atom is 0.113 e. The number of benzene rings is 1. The van der Waals surface area contributed by atoms with Gasteiger partial charge in [-0.25, -0.2) is 0 Å². The molecule has 0 aliphatic rings. The molecule has 0 amide bonds. The number of rotatable bonds is 3. The zero-order valence-electron chi connectivity index (χ0n) is 7.04. The summed E-state index contributed by atoms with van der Waals surface area (Å²) in [6.07, 6.45) is 2.86. The molecule has 1 aromatic carbocycles. The molecule has 0 aliphatic heterocycles. The van der Waals surface area contributed by atoms with Gasteiger partial charge in [-0.05, 0) is 0 Å². The Kier molecular flexibility index (Phi) is 5.43. The Morgan fingerprint density at radius 3 is 2.42 bits per heavy atom. The van der Waals surface area contributed by atoms with Crippen LogP contribution in [0.1, 0.15) is 18.0 Å². The van der Waals surface area contributed by atoms with Crippen molar-refractivity contribution in [2.75, 3.05) is 0 Å². The van der Waals surface area contributed by atoms with Gasteiger partial charge in [-0.2, -0.15) is 0 Å². The molecular formula is C10H14ClN. The highest BCUT2D eigenvalue weighted by molar-refractivity contribution is 5.17. The Labute approximate surface area is 79.7 Å². The van der Waals surface area contributed by atoms with Gasteiger partial charge in [-0.3, -0.25) is 0 Å². The predicted octanol–water partition coefficient (Wildman–Crippen LogP) is -1.45. The van der Waals surface area contributed by atoms with Gasteiger partial charge >= 0.3 is 0 Å². The lowest BCUT2D eigenvalue weighted by Crippen LogP contribution is -3.00. The van der Waals surface area contributed by atoms with Crippen molar-refractivity contribution in [2.45, 2.75) is 12.5 Å². The molecule has 0 heterocycles. The van der Waals surface area contributed by atoms with E-state index >= 15 is 0 Å². The SMILES string of the molecule is C=CCC([NH3+])c1ccccc1.[Cl-]. The highest BCUT2D eigenvalue weighted by Crippen LogP contribution is 2.10. The van der Waals surface area contributed by atoms with E-state index in [4.69, 9.17) is 0 Å². The van der Waals surface area contributed by atoms with Crippen LogP contribution < -0.4 is 18.1 Å². The fraction of sp³-hybridized carbons (Fsp3) is 0.200. The first-order valence-electron chi connectivity index (χ1n) is 3.83. The third-order valence-corrected chi connectivity index (χ3v) is 1.72. The van der Waals surface area contributed by atoms with Crippen molar-refractivity contribution in [2.24, 2.45) is 0 Å². The number of quaternary nitrogens is 1. The van der Waals surface area contributed by atoms with E-state index in [0.29, 0.717) is 6.04 Å². The molecule has 0 aromatic heterocycles. The summed E-state index contributed by atoms with van der Waals surface area (Å²) in [5, 5.41) is 0. The van der Waals surface area contributed by atoms with Crippen LogP contribution in [-0.2, 0) is 0 Å². The van der Waals surface area contributed by atoms with E-state index in [2.05, 4.69) is 24.4 Å². The number of hydrogen-bond donors (Lipinski definition) is 1. The highest BCUT2D eigenvalue weighted by Gasteiger charge is 2.04. The van der Waals surface area contributed by atoms with Gasteiger partial charge < -0.3 is 18.1 Å². The standard InChI is InChI=1S/C10H13N.ClH/c1-2-6-10(11)9-7-4-3-5-8-9;/h2-5,7-8,10H,1,6,11H2;1H. The summed E-state index contributed by atoms with van der Waals surface area (Å²) in [5.74, 6) is 0. The smallest absolute Gasteiger partial charge is 0.113 e. The summed E-state index contributed by atoms with van der Waals surface area (Å²) < 4.78 is 0. The molecule has 0 spiro atoms. The van der Waals surface area contributed by atoms with Gasteiger partial charge in [0, 0.05) is 12.0 Å². The molecule has 0 aliphatic carbocycles. The van der Waals surface area contributed by atoms with Crippen molar-refractivity contribution < 1.29 is 18.1 Å². The normalized spacial score (nSPS) is 11.4. The van der Waals surface area contributed by atoms with E-state index in [0.717, 1.165) is 6.42 Å². The Balaban J connectivity index is 0.00000121. The van der Waals surface area contributed by atoms with Gasteiger partial charge in [0.2, 0.25) is 0 Å². The van der Waals surface area contributed by atoms with Crippen molar-refractivity contribution in [3.63, 3.8) is 0 Å². The molecule has 1 aromatic rings. The van der Waals surface area contributed by atoms with Crippen molar-refractivity contribution in [3.8, 4) is 0 Å². The Morgan fingerprint density at radius 2 is 1.92 bits per heavy atom. The van der Waals surface area contributed by atoms with Gasteiger partial charge in [0.05, 0.1) is 0 Å². The topological polar surface area (TPSA) is 27.6 Å². The van der Waals surface area contributed by atoms with E-state index in [1.165, 1.54) is 5.56 Å². The van der Waals surface area contributed by atoms with E-state index in [-0.39, 0.29) is 12.4 Å². The summed E-state index contributed by atoms with van der Waals surface area (Å²) in [4.78, 5) is 0. The van der Waals surface area contributed by atoms with Crippen molar-refractivity contribution in [1.82, 2.24) is 0 Å². The summed E-state index contributed by atoms with van der Waals surface area (Å²) in [6.45, 7) is 3.69. The molecule has 0 fully saturated rings. The molecule has 0 saturated heterocycles. The number of hydrogen-bond acceptors (Lipinski definition) is 0. The van der Waals surface area contributed by atoms with Gasteiger partial charge in [0.25, 0.3) is 0 Å². The molecular weight excluding hydrogens is 170 g/mol. The molecule has 0 bridgehead atoms. The molecule has 0 saturated carbocycles. The molecule has 1 nitrogen and oxygen atoms in total. The summed E-state index contributed by atoms with van der Waals surface area (Å²) >= 11 is 0. The lowest BCUT2D eigenvalue weighted by molar-refractivity contribution is -0.425. The Bertz CT molecular complexity index is 221. The molecule has 12 heavy (non-hydrogen) atoms. The third-order valence-electron chi connectivity index (χ3n) is 1.72. The molecule has 66 valence electrons. The van der Waals surface area contributed by atoms with Crippen LogP contribution in [0.4, 0.5) is 0 Å². The molecule has 1 unspecified atom stereocenters. The Morgan fingerprint density at radius 1 is 1.33 bits per heavy atom. The first kappa shape index (κ1) is 11.2.